The Morgan fingerprint density at radius 3 is 2.30 bits per heavy atom. The molecule has 0 aromatic heterocycles. The summed E-state index contributed by atoms with van der Waals surface area (Å²) in [4.78, 5) is 0. The van der Waals surface area contributed by atoms with Crippen LogP contribution in [0.25, 0.3) is 0 Å². The summed E-state index contributed by atoms with van der Waals surface area (Å²) >= 11 is 0. The molecule has 0 bridgehead atoms. The fourth-order valence-electron chi connectivity index (χ4n) is 1.03. The largest absolute Gasteiger partial charge is 1.00 e. The van der Waals surface area contributed by atoms with E-state index in [0.29, 0.717) is 9.04 Å². The third-order valence-corrected chi connectivity index (χ3v) is 5.04. The van der Waals surface area contributed by atoms with E-state index in [0.717, 1.165) is 0 Å². The van der Waals surface area contributed by atoms with Crippen LogP contribution >= 0.6 is 0 Å². The zero-order valence-corrected chi connectivity index (χ0v) is 14.5. The standard InChI is InChI=1S/C7H20Si2.K.H/c1-2-3-4-5-6-7-9-8;;/h2-7,9H2,1,8H3;;/q;+1;-1. The fourth-order valence-corrected chi connectivity index (χ4v) is 3.38. The molecule has 0 heterocycles. The van der Waals surface area contributed by atoms with Crippen molar-refractivity contribution in [2.24, 2.45) is 0 Å². The van der Waals surface area contributed by atoms with Crippen molar-refractivity contribution in [1.29, 1.82) is 0 Å². The number of rotatable bonds is 6. The van der Waals surface area contributed by atoms with Crippen LogP contribution < -0.4 is 51.4 Å². The number of unbranched alkanes of at least 4 members (excludes halogenated alkanes) is 4. The Bertz CT molecular complexity index is 49.7. The van der Waals surface area contributed by atoms with E-state index in [1.165, 1.54) is 25.7 Å². The molecule has 0 aromatic carbocycles. The maximum absolute atomic E-state index is 2.28. The molecule has 0 aliphatic rings. The third kappa shape index (κ3) is 12.7. The summed E-state index contributed by atoms with van der Waals surface area (Å²) < 4.78 is 0. The van der Waals surface area contributed by atoms with Gasteiger partial charge in [-0.2, -0.15) is 0 Å². The van der Waals surface area contributed by atoms with Gasteiger partial charge in [0.2, 0.25) is 0 Å². The number of hydrogen-bond donors (Lipinski definition) is 0. The van der Waals surface area contributed by atoms with Gasteiger partial charge in [-0.1, -0.05) is 45.1 Å². The van der Waals surface area contributed by atoms with Gasteiger partial charge in [0, 0.05) is 9.04 Å². The topological polar surface area (TPSA) is 0 Å². The monoisotopic (exact) mass is 200 g/mol. The zero-order chi connectivity index (χ0) is 6.95. The molecule has 0 rings (SSSR count). The van der Waals surface area contributed by atoms with Crippen LogP contribution in [0.3, 0.4) is 0 Å². The van der Waals surface area contributed by atoms with Gasteiger partial charge in [0.05, 0.1) is 0 Å². The maximum atomic E-state index is 2.28. The van der Waals surface area contributed by atoms with E-state index in [9.17, 15) is 0 Å². The molecule has 0 nitrogen and oxygen atoms in total. The van der Waals surface area contributed by atoms with Crippen LogP contribution in [0.15, 0.2) is 0 Å². The van der Waals surface area contributed by atoms with Crippen molar-refractivity contribution in [3.05, 3.63) is 0 Å². The van der Waals surface area contributed by atoms with E-state index in [1.54, 1.807) is 22.2 Å². The molecule has 58 valence electrons. The van der Waals surface area contributed by atoms with Crippen molar-refractivity contribution in [2.45, 2.75) is 45.1 Å². The summed E-state index contributed by atoms with van der Waals surface area (Å²) in [7, 11) is 2.07. The molecule has 10 heavy (non-hydrogen) atoms. The normalized spacial score (nSPS) is 10.5. The molecule has 0 atom stereocenters. The summed E-state index contributed by atoms with van der Waals surface area (Å²) in [5.74, 6) is 0. The molecule has 0 N–H and O–H groups in total. The average Bonchev–Trinajstić information content (AvgIpc) is 1.89. The van der Waals surface area contributed by atoms with E-state index in [2.05, 4.69) is 6.92 Å². The van der Waals surface area contributed by atoms with Gasteiger partial charge in [0.25, 0.3) is 0 Å². The second kappa shape index (κ2) is 13.6. The molecule has 0 spiro atoms. The predicted octanol–water partition coefficient (Wildman–Crippen LogP) is -2.06. The van der Waals surface area contributed by atoms with Gasteiger partial charge < -0.3 is 1.43 Å². The third-order valence-electron chi connectivity index (χ3n) is 1.71. The molecule has 0 unspecified atom stereocenters. The molecular weight excluding hydrogens is 179 g/mol. The minimum atomic E-state index is 0. The van der Waals surface area contributed by atoms with Gasteiger partial charge in [-0.15, -0.1) is 0 Å². The Morgan fingerprint density at radius 1 is 1.20 bits per heavy atom. The Balaban J connectivity index is -0.000000320. The van der Waals surface area contributed by atoms with Gasteiger partial charge in [0.15, 0.2) is 0 Å². The summed E-state index contributed by atoms with van der Waals surface area (Å²) in [6.45, 7) is 2.28. The van der Waals surface area contributed by atoms with Gasteiger partial charge in [-0.25, -0.2) is 0 Å². The summed E-state index contributed by atoms with van der Waals surface area (Å²) in [5.41, 5.74) is 0. The molecule has 0 aromatic rings. The fraction of sp³-hybridized carbons (Fsp3) is 1.00. The van der Waals surface area contributed by atoms with E-state index in [1.807, 2.05) is 0 Å². The van der Waals surface area contributed by atoms with E-state index in [-0.39, 0.29) is 52.8 Å². The first kappa shape index (κ1) is 14.6. The molecule has 0 radical (unpaired) electrons. The zero-order valence-electron chi connectivity index (χ0n) is 8.95. The van der Waals surface area contributed by atoms with Crippen molar-refractivity contribution in [1.82, 2.24) is 0 Å². The van der Waals surface area contributed by atoms with Crippen LogP contribution in [0.1, 0.15) is 40.5 Å². The summed E-state index contributed by atoms with van der Waals surface area (Å²) in [6, 6.07) is 1.63. The second-order valence-corrected chi connectivity index (χ2v) is 7.47. The minimum Gasteiger partial charge on any atom is -1.00 e. The molecule has 0 fully saturated rings. The quantitative estimate of drug-likeness (QED) is 0.342. The first-order chi connectivity index (χ1) is 4.41. The van der Waals surface area contributed by atoms with Crippen molar-refractivity contribution in [2.75, 3.05) is 0 Å². The van der Waals surface area contributed by atoms with Gasteiger partial charge in [0.1, 0.15) is 0 Å². The minimum absolute atomic E-state index is 0. The van der Waals surface area contributed by atoms with Crippen LogP contribution in [0, 0.1) is 0 Å². The van der Waals surface area contributed by atoms with Gasteiger partial charge in [-0.05, 0) is 9.76 Å². The van der Waals surface area contributed by atoms with E-state index in [4.69, 9.17) is 0 Å². The van der Waals surface area contributed by atoms with Crippen LogP contribution in [0.2, 0.25) is 6.04 Å². The first-order valence-electron chi connectivity index (χ1n) is 4.41. The SMILES string of the molecule is CCCCCCC[SiH2][SiH3].[H-].[K+]. The Morgan fingerprint density at radius 2 is 1.80 bits per heavy atom. The van der Waals surface area contributed by atoms with Gasteiger partial charge >= 0.3 is 51.4 Å². The van der Waals surface area contributed by atoms with Gasteiger partial charge in [-0.3, -0.25) is 0 Å². The Labute approximate surface area is 115 Å². The maximum Gasteiger partial charge on any atom is 1.00 e. The van der Waals surface area contributed by atoms with Crippen LogP contribution in [-0.2, 0) is 0 Å². The van der Waals surface area contributed by atoms with Crippen molar-refractivity contribution >= 4 is 18.8 Å². The smallest absolute Gasteiger partial charge is 1.00 e. The number of hydrogen-bond acceptors (Lipinski definition) is 0. The predicted molar refractivity (Wildman–Crippen MR) is 53.2 cm³/mol. The first-order valence-corrected chi connectivity index (χ1v) is 11.1. The molecule has 0 saturated heterocycles. The Hall–Kier alpha value is 2.07. The summed E-state index contributed by atoms with van der Waals surface area (Å²) in [5, 5.41) is 0. The van der Waals surface area contributed by atoms with E-state index < -0.39 is 0 Å². The molecule has 0 aliphatic carbocycles. The van der Waals surface area contributed by atoms with Crippen LogP contribution in [0.5, 0.6) is 0 Å². The Kier molecular flexibility index (Phi) is 19.9. The second-order valence-electron chi connectivity index (χ2n) is 2.77. The molecule has 0 saturated carbocycles. The average molecular weight is 201 g/mol. The molecule has 0 amide bonds. The molecule has 0 aliphatic heterocycles. The summed E-state index contributed by atoms with van der Waals surface area (Å²) in [6.07, 6.45) is 7.41. The van der Waals surface area contributed by atoms with Crippen LogP contribution in [-0.4, -0.2) is 18.8 Å². The van der Waals surface area contributed by atoms with Crippen molar-refractivity contribution < 1.29 is 52.8 Å². The van der Waals surface area contributed by atoms with E-state index >= 15 is 0 Å². The molecular formula is C7H21KSi2. The van der Waals surface area contributed by atoms with Crippen LogP contribution in [0.4, 0.5) is 0 Å². The van der Waals surface area contributed by atoms with Crippen molar-refractivity contribution in [3.8, 4) is 0 Å². The van der Waals surface area contributed by atoms with Crippen molar-refractivity contribution in [3.63, 3.8) is 0 Å². The molecule has 3 heteroatoms.